The van der Waals surface area contributed by atoms with Gasteiger partial charge in [0, 0.05) is 6.07 Å². The number of methoxy groups -OCH3 is 1. The van der Waals surface area contributed by atoms with Crippen molar-refractivity contribution in [2.24, 2.45) is 0 Å². The lowest BCUT2D eigenvalue weighted by Crippen LogP contribution is -2.18. The minimum Gasteiger partial charge on any atom is -0.490 e. The quantitative estimate of drug-likeness (QED) is 0.0567. The number of ether oxygens (including phenoxy) is 2. The first-order chi connectivity index (χ1) is 21.5. The Bertz CT molecular complexity index is 1470. The van der Waals surface area contributed by atoms with E-state index < -0.39 is 7.82 Å². The van der Waals surface area contributed by atoms with Crippen LogP contribution in [-0.4, -0.2) is 23.2 Å². The average Bonchev–Trinajstić information content (AvgIpc) is 3.42. The summed E-state index contributed by atoms with van der Waals surface area (Å²) < 4.78 is 39.5. The summed E-state index contributed by atoms with van der Waals surface area (Å²) in [7, 11) is -3.05. The summed E-state index contributed by atoms with van der Waals surface area (Å²) in [6, 6.07) is 18.1. The lowest BCUT2D eigenvalue weighted by Gasteiger charge is -2.18. The van der Waals surface area contributed by atoms with E-state index in [0.717, 1.165) is 24.1 Å². The van der Waals surface area contributed by atoms with Gasteiger partial charge in [0.05, 0.1) is 19.9 Å². The summed E-state index contributed by atoms with van der Waals surface area (Å²) in [6.45, 7) is 3.36. The Hall–Kier alpha value is -3.48. The van der Waals surface area contributed by atoms with Gasteiger partial charge in [-0.1, -0.05) is 102 Å². The monoisotopic (exact) mass is 623 g/mol. The van der Waals surface area contributed by atoms with Gasteiger partial charge in [-0.3, -0.25) is 4.89 Å². The molecule has 0 radical (unpaired) electrons. The number of hydrogen-bond donors (Lipinski definition) is 1. The van der Waals surface area contributed by atoms with Gasteiger partial charge >= 0.3 is 7.82 Å². The van der Waals surface area contributed by atoms with Crippen molar-refractivity contribution in [2.75, 3.05) is 13.7 Å². The van der Waals surface area contributed by atoms with Crippen LogP contribution in [0.2, 0.25) is 0 Å². The highest BCUT2D eigenvalue weighted by Crippen LogP contribution is 2.49. The molecular formula is C35H48N2O6P+. The van der Waals surface area contributed by atoms with Crippen LogP contribution in [0.25, 0.3) is 5.65 Å². The number of rotatable bonds is 21. The number of nitrogens with zero attached hydrogens (tertiary/aromatic N) is 2. The van der Waals surface area contributed by atoms with Crippen molar-refractivity contribution in [1.29, 1.82) is 0 Å². The smallest absolute Gasteiger partial charge is 0.490 e. The molecular weight excluding hydrogens is 575 g/mol. The first-order valence-electron chi connectivity index (χ1n) is 16.0. The number of unbranched alkanes of at least 4 members (excludes halogenated alkanes) is 11. The Morgan fingerprint density at radius 3 is 2.18 bits per heavy atom. The number of phosphoric ester groups is 1. The molecule has 4 aromatic rings. The van der Waals surface area contributed by atoms with Crippen molar-refractivity contribution in [1.82, 2.24) is 4.57 Å². The van der Waals surface area contributed by atoms with Crippen molar-refractivity contribution in [3.63, 3.8) is 0 Å². The molecule has 2 aromatic heterocycles. The molecule has 1 atom stereocenters. The van der Waals surface area contributed by atoms with Crippen LogP contribution in [0, 0.1) is 0 Å². The zero-order valence-corrected chi connectivity index (χ0v) is 27.1. The van der Waals surface area contributed by atoms with Gasteiger partial charge in [-0.25, -0.2) is 13.5 Å². The number of phosphoric acid groups is 1. The molecule has 8 nitrogen and oxygen atoms in total. The minimum absolute atomic E-state index is 0.0810. The average molecular weight is 624 g/mol. The van der Waals surface area contributed by atoms with Gasteiger partial charge in [-0.15, -0.1) is 0 Å². The van der Waals surface area contributed by atoms with Crippen molar-refractivity contribution >= 4 is 13.5 Å². The van der Waals surface area contributed by atoms with Crippen LogP contribution in [0.3, 0.4) is 0 Å². The third-order valence-electron chi connectivity index (χ3n) is 7.66. The van der Waals surface area contributed by atoms with Crippen LogP contribution in [0.1, 0.15) is 89.5 Å². The van der Waals surface area contributed by atoms with Gasteiger partial charge in [0.2, 0.25) is 5.75 Å². The fourth-order valence-electron chi connectivity index (χ4n) is 5.36. The second-order valence-corrected chi connectivity index (χ2v) is 12.5. The molecule has 0 aliphatic heterocycles. The molecule has 0 spiro atoms. The number of imidazole rings is 1. The number of aromatic nitrogens is 2. The Labute approximate surface area is 262 Å². The van der Waals surface area contributed by atoms with Crippen LogP contribution in [0.5, 0.6) is 23.0 Å². The SMILES string of the molecule is CCCCCCCCCCCCCCOc1cccc(OP(=O)(O)Oc2cccc(Cn3cc[n+]4ccccc34)c2)c1OC. The van der Waals surface area contributed by atoms with Crippen LogP contribution in [-0.2, 0) is 11.1 Å². The maximum absolute atomic E-state index is 13.0. The fraction of sp³-hybridized carbons (Fsp3) is 0.457. The molecule has 0 fully saturated rings. The molecule has 0 aliphatic carbocycles. The Balaban J connectivity index is 1.23. The molecule has 1 unspecified atom stereocenters. The van der Waals surface area contributed by atoms with Crippen molar-refractivity contribution < 1.29 is 32.4 Å². The zero-order chi connectivity index (χ0) is 31.0. The fourth-order valence-corrected chi connectivity index (χ4v) is 6.17. The van der Waals surface area contributed by atoms with E-state index >= 15 is 0 Å². The molecule has 1 N–H and O–H groups in total. The zero-order valence-electron chi connectivity index (χ0n) is 26.2. The summed E-state index contributed by atoms with van der Waals surface area (Å²) >= 11 is 0. The number of fused-ring (bicyclic) bond motifs is 1. The maximum Gasteiger partial charge on any atom is 0.585 e. The van der Waals surface area contributed by atoms with Gasteiger partial charge in [0.15, 0.2) is 11.5 Å². The van der Waals surface area contributed by atoms with E-state index in [4.69, 9.17) is 18.5 Å². The third kappa shape index (κ3) is 10.6. The number of pyridine rings is 1. The van der Waals surface area contributed by atoms with Crippen LogP contribution in [0.15, 0.2) is 79.3 Å². The number of hydrogen-bond acceptors (Lipinski definition) is 5. The molecule has 9 heteroatoms. The van der Waals surface area contributed by atoms with Gasteiger partial charge in [-0.2, -0.15) is 0 Å². The lowest BCUT2D eigenvalue weighted by molar-refractivity contribution is -0.510. The predicted octanol–water partition coefficient (Wildman–Crippen LogP) is 8.92. The Kier molecular flexibility index (Phi) is 13.5. The molecule has 238 valence electrons. The van der Waals surface area contributed by atoms with Gasteiger partial charge in [0.25, 0.3) is 5.65 Å². The first-order valence-corrected chi connectivity index (χ1v) is 17.5. The summed E-state index contributed by atoms with van der Waals surface area (Å²) in [5, 5.41) is 0. The van der Waals surface area contributed by atoms with Crippen LogP contribution >= 0.6 is 7.82 Å². The Morgan fingerprint density at radius 2 is 1.45 bits per heavy atom. The van der Waals surface area contributed by atoms with E-state index in [1.54, 1.807) is 36.4 Å². The molecule has 0 amide bonds. The minimum atomic E-state index is -4.53. The lowest BCUT2D eigenvalue weighted by atomic mass is 10.1. The molecule has 0 bridgehead atoms. The van der Waals surface area contributed by atoms with E-state index in [9.17, 15) is 9.46 Å². The normalized spacial score (nSPS) is 12.6. The van der Waals surface area contributed by atoms with Crippen molar-refractivity contribution in [2.45, 2.75) is 90.5 Å². The second kappa shape index (κ2) is 17.7. The summed E-state index contributed by atoms with van der Waals surface area (Å²) in [4.78, 5) is 10.6. The molecule has 2 heterocycles. The molecule has 0 saturated heterocycles. The largest absolute Gasteiger partial charge is 0.585 e. The summed E-state index contributed by atoms with van der Waals surface area (Å²) in [5.41, 5.74) is 1.94. The molecule has 2 aromatic carbocycles. The number of para-hydroxylation sites is 1. The highest BCUT2D eigenvalue weighted by molar-refractivity contribution is 7.48. The molecule has 44 heavy (non-hydrogen) atoms. The van der Waals surface area contributed by atoms with E-state index in [2.05, 4.69) is 11.5 Å². The topological polar surface area (TPSA) is 83.3 Å². The number of benzene rings is 2. The molecule has 0 saturated carbocycles. The van der Waals surface area contributed by atoms with Crippen molar-refractivity contribution in [3.05, 3.63) is 84.8 Å². The van der Waals surface area contributed by atoms with Gasteiger partial charge in [-0.05, 0) is 42.3 Å². The van der Waals surface area contributed by atoms with Crippen LogP contribution < -0.4 is 22.9 Å². The Morgan fingerprint density at radius 1 is 0.773 bits per heavy atom. The van der Waals surface area contributed by atoms with Gasteiger partial charge in [0.1, 0.15) is 24.7 Å². The highest BCUT2D eigenvalue weighted by Gasteiger charge is 2.28. The summed E-state index contributed by atoms with van der Waals surface area (Å²) in [5.74, 6) is 1.04. The van der Waals surface area contributed by atoms with Gasteiger partial charge < -0.3 is 18.5 Å². The molecule has 4 rings (SSSR count). The second-order valence-electron chi connectivity index (χ2n) is 11.2. The summed E-state index contributed by atoms with van der Waals surface area (Å²) in [6.07, 6.45) is 21.2. The van der Waals surface area contributed by atoms with E-state index in [1.165, 1.54) is 71.3 Å². The predicted molar refractivity (Wildman–Crippen MR) is 174 cm³/mol. The van der Waals surface area contributed by atoms with E-state index in [-0.39, 0.29) is 17.2 Å². The standard InChI is InChI=1S/C35H47N2O6P/c1-3-4-5-6-7-8-9-10-11-12-13-16-27-41-32-21-18-22-33(35(32)40-2)43-44(38,39)42-31-20-17-19-30(28-31)29-37-26-25-36-24-15-14-23-34(36)37/h14-15,17-26,28H,3-13,16,27,29H2,1-2H3/p+1. The highest BCUT2D eigenvalue weighted by atomic mass is 31.2. The first kappa shape index (κ1) is 33.4. The van der Waals surface area contributed by atoms with Crippen molar-refractivity contribution in [3.8, 4) is 23.0 Å². The van der Waals surface area contributed by atoms with E-state index in [1.807, 2.05) is 47.3 Å². The van der Waals surface area contributed by atoms with E-state index in [0.29, 0.717) is 18.9 Å². The third-order valence-corrected chi connectivity index (χ3v) is 8.53. The van der Waals surface area contributed by atoms with Crippen LogP contribution in [0.4, 0.5) is 0 Å². The maximum atomic E-state index is 13.0. The molecule has 0 aliphatic rings.